The number of nitrogens with zero attached hydrogens (tertiary/aromatic N) is 5. The number of hydrogen-bond donors (Lipinski definition) is 2. The standard InChI is InChI=1S/C20H14ClF2N7/c1-10(28-19-17-18(25-8-24-17)26-9-27-19)20-29-15-3-2-11(21)4-16(15)30(20)14-6-12(22)5-13(23)7-14/h2-10H,1H3,(H2,24,25,26,27,28)/t10-/m0/s1. The second-order valence-corrected chi connectivity index (χ2v) is 7.19. The van der Waals surface area contributed by atoms with Crippen LogP contribution >= 0.6 is 11.6 Å². The van der Waals surface area contributed by atoms with E-state index >= 15 is 0 Å². The van der Waals surface area contributed by atoms with Crippen LogP contribution in [0.2, 0.25) is 5.02 Å². The minimum atomic E-state index is -0.685. The van der Waals surface area contributed by atoms with Crippen LogP contribution in [0.4, 0.5) is 14.6 Å². The van der Waals surface area contributed by atoms with Gasteiger partial charge in [0.15, 0.2) is 11.5 Å². The number of anilines is 1. The zero-order valence-electron chi connectivity index (χ0n) is 15.6. The number of aromatic nitrogens is 6. The van der Waals surface area contributed by atoms with Gasteiger partial charge in [-0.05, 0) is 37.3 Å². The van der Waals surface area contributed by atoms with E-state index in [0.717, 1.165) is 6.07 Å². The summed E-state index contributed by atoms with van der Waals surface area (Å²) < 4.78 is 29.6. The third-order valence-electron chi connectivity index (χ3n) is 4.71. The van der Waals surface area contributed by atoms with Crippen molar-refractivity contribution in [1.82, 2.24) is 29.5 Å². The molecule has 3 aromatic heterocycles. The second-order valence-electron chi connectivity index (χ2n) is 6.76. The van der Waals surface area contributed by atoms with E-state index in [0.29, 0.717) is 44.5 Å². The van der Waals surface area contributed by atoms with Gasteiger partial charge in [0.1, 0.15) is 29.3 Å². The Morgan fingerprint density at radius 1 is 1.07 bits per heavy atom. The maximum absolute atomic E-state index is 14.0. The van der Waals surface area contributed by atoms with Gasteiger partial charge in [0.25, 0.3) is 0 Å². The molecule has 150 valence electrons. The van der Waals surface area contributed by atoms with Gasteiger partial charge in [-0.1, -0.05) is 11.6 Å². The summed E-state index contributed by atoms with van der Waals surface area (Å²) in [5.41, 5.74) is 2.74. The lowest BCUT2D eigenvalue weighted by Gasteiger charge is -2.17. The van der Waals surface area contributed by atoms with E-state index in [1.165, 1.54) is 24.8 Å². The molecule has 1 atom stereocenters. The smallest absolute Gasteiger partial charge is 0.182 e. The number of nitrogens with one attached hydrogen (secondary N) is 2. The van der Waals surface area contributed by atoms with Crippen LogP contribution < -0.4 is 5.32 Å². The molecular weight excluding hydrogens is 412 g/mol. The molecule has 0 spiro atoms. The molecule has 0 unspecified atom stereocenters. The van der Waals surface area contributed by atoms with Crippen LogP contribution in [0.15, 0.2) is 49.1 Å². The molecule has 5 rings (SSSR count). The van der Waals surface area contributed by atoms with E-state index < -0.39 is 11.6 Å². The van der Waals surface area contributed by atoms with E-state index in [4.69, 9.17) is 11.6 Å². The number of benzene rings is 2. The molecule has 2 aromatic carbocycles. The summed E-state index contributed by atoms with van der Waals surface area (Å²) in [7, 11) is 0. The van der Waals surface area contributed by atoms with Gasteiger partial charge >= 0.3 is 0 Å². The van der Waals surface area contributed by atoms with Crippen molar-refractivity contribution in [3.05, 3.63) is 71.5 Å². The van der Waals surface area contributed by atoms with E-state index in [-0.39, 0.29) is 6.04 Å². The Labute approximate surface area is 173 Å². The molecule has 5 aromatic rings. The number of imidazole rings is 2. The maximum atomic E-state index is 14.0. The summed E-state index contributed by atoms with van der Waals surface area (Å²) in [6.07, 6.45) is 2.94. The first-order valence-corrected chi connectivity index (χ1v) is 9.42. The van der Waals surface area contributed by atoms with Crippen LogP contribution in [0, 0.1) is 11.6 Å². The molecule has 0 aliphatic carbocycles. The highest BCUT2D eigenvalue weighted by atomic mass is 35.5. The zero-order valence-corrected chi connectivity index (χ0v) is 16.3. The lowest BCUT2D eigenvalue weighted by Crippen LogP contribution is -2.14. The number of rotatable bonds is 4. The molecule has 10 heteroatoms. The van der Waals surface area contributed by atoms with Crippen molar-refractivity contribution in [1.29, 1.82) is 0 Å². The van der Waals surface area contributed by atoms with Crippen molar-refractivity contribution >= 4 is 39.6 Å². The van der Waals surface area contributed by atoms with Crippen molar-refractivity contribution < 1.29 is 8.78 Å². The lowest BCUT2D eigenvalue weighted by molar-refractivity contribution is 0.581. The van der Waals surface area contributed by atoms with Gasteiger partial charge in [0.2, 0.25) is 0 Å². The zero-order chi connectivity index (χ0) is 20.8. The summed E-state index contributed by atoms with van der Waals surface area (Å²) in [5, 5.41) is 3.76. The minimum absolute atomic E-state index is 0.301. The summed E-state index contributed by atoms with van der Waals surface area (Å²) in [6, 6.07) is 8.13. The van der Waals surface area contributed by atoms with Gasteiger partial charge in [0, 0.05) is 11.1 Å². The summed E-state index contributed by atoms with van der Waals surface area (Å²) in [4.78, 5) is 20.2. The highest BCUT2D eigenvalue weighted by Gasteiger charge is 2.20. The first kappa shape index (κ1) is 18.4. The Kier molecular flexibility index (Phi) is 4.32. The molecule has 0 amide bonds. The summed E-state index contributed by atoms with van der Waals surface area (Å²) in [6.45, 7) is 1.87. The monoisotopic (exact) mass is 425 g/mol. The van der Waals surface area contributed by atoms with Crippen LogP contribution in [0.5, 0.6) is 0 Å². The summed E-state index contributed by atoms with van der Waals surface area (Å²) >= 11 is 6.18. The highest BCUT2D eigenvalue weighted by molar-refractivity contribution is 6.31. The Hall–Kier alpha value is -3.59. The molecule has 0 bridgehead atoms. The van der Waals surface area contributed by atoms with E-state index in [1.54, 1.807) is 22.8 Å². The van der Waals surface area contributed by atoms with Crippen molar-refractivity contribution in [2.24, 2.45) is 0 Å². The molecule has 30 heavy (non-hydrogen) atoms. The number of aromatic amines is 1. The normalized spacial score (nSPS) is 12.5. The average molecular weight is 426 g/mol. The van der Waals surface area contributed by atoms with Gasteiger partial charge in [0.05, 0.1) is 29.1 Å². The van der Waals surface area contributed by atoms with Crippen molar-refractivity contribution in [2.45, 2.75) is 13.0 Å². The molecule has 3 heterocycles. The predicted octanol–water partition coefficient (Wildman–Crippen LogP) is 4.80. The van der Waals surface area contributed by atoms with Gasteiger partial charge in [-0.15, -0.1) is 0 Å². The molecule has 0 radical (unpaired) electrons. The fourth-order valence-electron chi connectivity index (χ4n) is 3.44. The second kappa shape index (κ2) is 7.03. The quantitative estimate of drug-likeness (QED) is 0.432. The Morgan fingerprint density at radius 2 is 1.87 bits per heavy atom. The van der Waals surface area contributed by atoms with Crippen LogP contribution in [-0.4, -0.2) is 29.5 Å². The fraction of sp³-hybridized carbons (Fsp3) is 0.100. The van der Waals surface area contributed by atoms with E-state index in [2.05, 4.69) is 30.2 Å². The fourth-order valence-corrected chi connectivity index (χ4v) is 3.61. The Balaban J connectivity index is 1.67. The number of fused-ring (bicyclic) bond motifs is 2. The third kappa shape index (κ3) is 3.13. The predicted molar refractivity (Wildman–Crippen MR) is 110 cm³/mol. The third-order valence-corrected chi connectivity index (χ3v) is 4.95. The molecule has 0 saturated carbocycles. The van der Waals surface area contributed by atoms with Crippen LogP contribution in [0.25, 0.3) is 27.9 Å². The van der Waals surface area contributed by atoms with Gasteiger partial charge < -0.3 is 10.3 Å². The average Bonchev–Trinajstić information content (AvgIpc) is 3.32. The first-order valence-electron chi connectivity index (χ1n) is 9.04. The molecule has 7 nitrogen and oxygen atoms in total. The van der Waals surface area contributed by atoms with Gasteiger partial charge in [-0.25, -0.2) is 28.7 Å². The van der Waals surface area contributed by atoms with Gasteiger partial charge in [-0.2, -0.15) is 0 Å². The van der Waals surface area contributed by atoms with Crippen molar-refractivity contribution in [3.63, 3.8) is 0 Å². The van der Waals surface area contributed by atoms with Crippen molar-refractivity contribution in [2.75, 3.05) is 5.32 Å². The lowest BCUT2D eigenvalue weighted by atomic mass is 10.2. The number of halogens is 3. The van der Waals surface area contributed by atoms with Crippen LogP contribution in [-0.2, 0) is 0 Å². The highest BCUT2D eigenvalue weighted by Crippen LogP contribution is 2.30. The van der Waals surface area contributed by atoms with Crippen LogP contribution in [0.1, 0.15) is 18.8 Å². The molecule has 0 fully saturated rings. The molecule has 0 aliphatic heterocycles. The van der Waals surface area contributed by atoms with Gasteiger partial charge in [-0.3, -0.25) is 4.57 Å². The van der Waals surface area contributed by atoms with E-state index in [9.17, 15) is 8.78 Å². The van der Waals surface area contributed by atoms with Crippen molar-refractivity contribution in [3.8, 4) is 5.69 Å². The molecule has 2 N–H and O–H groups in total. The molecular formula is C20H14ClF2N7. The molecule has 0 aliphatic rings. The first-order chi connectivity index (χ1) is 14.5. The topological polar surface area (TPSA) is 84.3 Å². The maximum Gasteiger partial charge on any atom is 0.182 e. The Bertz CT molecular complexity index is 1370. The summed E-state index contributed by atoms with van der Waals surface area (Å²) in [5.74, 6) is -0.304. The minimum Gasteiger partial charge on any atom is -0.358 e. The number of hydrogen-bond acceptors (Lipinski definition) is 5. The number of H-pyrrole nitrogens is 1. The largest absolute Gasteiger partial charge is 0.358 e. The molecule has 0 saturated heterocycles. The van der Waals surface area contributed by atoms with E-state index in [1.807, 2.05) is 6.92 Å². The SMILES string of the molecule is C[C@H](Nc1ncnc2nc[nH]c12)c1nc2ccc(Cl)cc2n1-c1cc(F)cc(F)c1. The van der Waals surface area contributed by atoms with Crippen LogP contribution in [0.3, 0.4) is 0 Å². The Morgan fingerprint density at radius 3 is 2.67 bits per heavy atom.